The van der Waals surface area contributed by atoms with Gasteiger partial charge in [0.1, 0.15) is 13.2 Å². The van der Waals surface area contributed by atoms with Crippen molar-refractivity contribution in [2.45, 2.75) is 207 Å². The van der Waals surface area contributed by atoms with Gasteiger partial charge in [-0.3, -0.25) is 14.4 Å². The van der Waals surface area contributed by atoms with E-state index in [0.717, 1.165) is 83.5 Å². The summed E-state index contributed by atoms with van der Waals surface area (Å²) in [6, 6.07) is 0. The largest absolute Gasteiger partial charge is 0.462 e. The summed E-state index contributed by atoms with van der Waals surface area (Å²) in [5.74, 6) is -1.05. The third-order valence-electron chi connectivity index (χ3n) is 9.90. The van der Waals surface area contributed by atoms with E-state index in [1.54, 1.807) is 0 Å². The van der Waals surface area contributed by atoms with Crippen LogP contribution in [-0.2, 0) is 28.6 Å². The van der Waals surface area contributed by atoms with Crippen LogP contribution in [0.4, 0.5) is 0 Å². The van der Waals surface area contributed by atoms with Crippen molar-refractivity contribution in [2.75, 3.05) is 13.2 Å². The average Bonchev–Trinajstić information content (AvgIpc) is 3.26. The molecule has 0 amide bonds. The predicted octanol–water partition coefficient (Wildman–Crippen LogP) is 16.0. The van der Waals surface area contributed by atoms with Crippen LogP contribution in [-0.4, -0.2) is 37.2 Å². The number of hydrogen-bond donors (Lipinski definition) is 0. The minimum atomic E-state index is -0.825. The summed E-state index contributed by atoms with van der Waals surface area (Å²) < 4.78 is 16.7. The van der Waals surface area contributed by atoms with E-state index in [0.29, 0.717) is 19.3 Å². The Kier molecular flexibility index (Phi) is 45.6. The molecule has 0 heterocycles. The minimum absolute atomic E-state index is 0.124. The number of esters is 3. The van der Waals surface area contributed by atoms with Gasteiger partial charge in [-0.1, -0.05) is 207 Å². The van der Waals surface area contributed by atoms with Crippen molar-refractivity contribution in [1.29, 1.82) is 0 Å². The molecule has 0 spiro atoms. The SMILES string of the molecule is CC\C=C/C=C\C=C/C=C\C=C/CCCCCC(=O)OCC(COC(=O)CC/C=C\C/C=C\CCCCCCCC)OC(=O)CCCCCCCC/C=C\C=C/CCCCC. The molecule has 0 bridgehead atoms. The fourth-order valence-electron chi connectivity index (χ4n) is 6.21. The number of carbonyl (C=O) groups excluding carboxylic acids is 3. The van der Waals surface area contributed by atoms with Crippen LogP contribution in [0.2, 0.25) is 0 Å². The first kappa shape index (κ1) is 57.1. The summed E-state index contributed by atoms with van der Waals surface area (Å²) in [7, 11) is 0. The Morgan fingerprint density at radius 2 is 0.738 bits per heavy atom. The van der Waals surface area contributed by atoms with E-state index >= 15 is 0 Å². The van der Waals surface area contributed by atoms with E-state index < -0.39 is 6.10 Å². The molecular formula is C55H88O6. The molecule has 1 atom stereocenters. The van der Waals surface area contributed by atoms with Gasteiger partial charge < -0.3 is 14.2 Å². The standard InChI is InChI=1S/C55H88O6/c1-4-7-10-13-16-19-22-25-27-30-33-36-39-42-45-48-54(57)60-51-52(50-59-53(56)47-44-41-38-35-32-29-24-21-18-15-12-9-6-3)61-55(58)49-46-43-40-37-34-31-28-26-23-20-17-14-11-8-5-2/h7,10,13,16-17,19-20,22-23,25-27,29-30,32-33,38,41,52H,4-6,8-9,11-12,14-15,18,21,24,28,31,34-37,39-40,42-51H2,1-3H3/b10-7-,16-13-,20-17-,22-19-,26-23-,27-25-,32-29-,33-30-,41-38-. The van der Waals surface area contributed by atoms with Crippen molar-refractivity contribution in [3.8, 4) is 0 Å². The van der Waals surface area contributed by atoms with Crippen molar-refractivity contribution in [3.05, 3.63) is 109 Å². The average molecular weight is 845 g/mol. The molecule has 344 valence electrons. The van der Waals surface area contributed by atoms with Crippen molar-refractivity contribution < 1.29 is 28.6 Å². The second-order valence-electron chi connectivity index (χ2n) is 15.8. The molecular weight excluding hydrogens is 757 g/mol. The number of unbranched alkanes of at least 4 members (excludes halogenated alkanes) is 18. The quantitative estimate of drug-likeness (QED) is 0.0200. The zero-order valence-corrected chi connectivity index (χ0v) is 39.1. The number of rotatable bonds is 42. The number of allylic oxidation sites excluding steroid dienone is 18. The molecule has 6 nitrogen and oxygen atoms in total. The Balaban J connectivity index is 4.58. The lowest BCUT2D eigenvalue weighted by Gasteiger charge is -2.18. The highest BCUT2D eigenvalue weighted by Gasteiger charge is 2.19. The van der Waals surface area contributed by atoms with E-state index in [1.807, 2.05) is 54.7 Å². The first-order valence-corrected chi connectivity index (χ1v) is 24.5. The minimum Gasteiger partial charge on any atom is -0.462 e. The van der Waals surface area contributed by atoms with Crippen LogP contribution in [0.1, 0.15) is 201 Å². The second kappa shape index (κ2) is 48.7. The fraction of sp³-hybridized carbons (Fsp3) is 0.618. The topological polar surface area (TPSA) is 78.9 Å². The summed E-state index contributed by atoms with van der Waals surface area (Å²) in [4.78, 5) is 37.9. The third kappa shape index (κ3) is 47.0. The third-order valence-corrected chi connectivity index (χ3v) is 9.90. The molecule has 0 N–H and O–H groups in total. The highest BCUT2D eigenvalue weighted by Crippen LogP contribution is 2.12. The van der Waals surface area contributed by atoms with Gasteiger partial charge in [-0.15, -0.1) is 0 Å². The zero-order chi connectivity index (χ0) is 44.4. The summed E-state index contributed by atoms with van der Waals surface area (Å²) in [5.41, 5.74) is 0. The van der Waals surface area contributed by atoms with E-state index in [2.05, 4.69) is 75.5 Å². The highest BCUT2D eigenvalue weighted by molar-refractivity contribution is 5.71. The summed E-state index contributed by atoms with van der Waals surface area (Å²) >= 11 is 0. The normalized spacial score (nSPS) is 13.0. The summed E-state index contributed by atoms with van der Waals surface area (Å²) in [5, 5.41) is 0. The molecule has 6 heteroatoms. The molecule has 0 aromatic heterocycles. The molecule has 0 aliphatic heterocycles. The van der Waals surface area contributed by atoms with E-state index in [-0.39, 0.29) is 37.5 Å². The number of ether oxygens (including phenoxy) is 3. The van der Waals surface area contributed by atoms with Gasteiger partial charge in [-0.05, 0) is 83.5 Å². The van der Waals surface area contributed by atoms with Gasteiger partial charge in [0.2, 0.25) is 0 Å². The van der Waals surface area contributed by atoms with E-state index in [4.69, 9.17) is 14.2 Å². The fourth-order valence-corrected chi connectivity index (χ4v) is 6.21. The van der Waals surface area contributed by atoms with Crippen LogP contribution < -0.4 is 0 Å². The maximum absolute atomic E-state index is 12.8. The predicted molar refractivity (Wildman–Crippen MR) is 260 cm³/mol. The molecule has 61 heavy (non-hydrogen) atoms. The van der Waals surface area contributed by atoms with Crippen molar-refractivity contribution in [1.82, 2.24) is 0 Å². The van der Waals surface area contributed by atoms with Gasteiger partial charge in [-0.2, -0.15) is 0 Å². The second-order valence-corrected chi connectivity index (χ2v) is 15.8. The van der Waals surface area contributed by atoms with Crippen molar-refractivity contribution in [2.24, 2.45) is 0 Å². The molecule has 0 aliphatic rings. The Morgan fingerprint density at radius 3 is 1.30 bits per heavy atom. The summed E-state index contributed by atoms with van der Waals surface area (Å²) in [6.45, 7) is 6.33. The molecule has 0 aromatic rings. The molecule has 0 saturated heterocycles. The number of hydrogen-bond acceptors (Lipinski definition) is 6. The maximum atomic E-state index is 12.8. The molecule has 0 rings (SSSR count). The van der Waals surface area contributed by atoms with Crippen LogP contribution in [0, 0.1) is 0 Å². The highest BCUT2D eigenvalue weighted by atomic mass is 16.6. The van der Waals surface area contributed by atoms with Crippen LogP contribution in [0.5, 0.6) is 0 Å². The van der Waals surface area contributed by atoms with Crippen LogP contribution in [0.25, 0.3) is 0 Å². The molecule has 0 saturated carbocycles. The van der Waals surface area contributed by atoms with Crippen LogP contribution in [0.15, 0.2) is 109 Å². The van der Waals surface area contributed by atoms with Gasteiger partial charge in [0.15, 0.2) is 6.10 Å². The Bertz CT molecular complexity index is 1290. The van der Waals surface area contributed by atoms with Crippen LogP contribution >= 0.6 is 0 Å². The molecule has 0 fully saturated rings. The van der Waals surface area contributed by atoms with Crippen LogP contribution in [0.3, 0.4) is 0 Å². The first-order valence-electron chi connectivity index (χ1n) is 24.5. The van der Waals surface area contributed by atoms with Gasteiger partial charge in [0.25, 0.3) is 0 Å². The van der Waals surface area contributed by atoms with Gasteiger partial charge in [-0.25, -0.2) is 0 Å². The summed E-state index contributed by atoms with van der Waals surface area (Å²) in [6.07, 6.45) is 65.0. The van der Waals surface area contributed by atoms with Gasteiger partial charge >= 0.3 is 17.9 Å². The Morgan fingerprint density at radius 1 is 0.361 bits per heavy atom. The number of carbonyl (C=O) groups is 3. The zero-order valence-electron chi connectivity index (χ0n) is 39.1. The smallest absolute Gasteiger partial charge is 0.306 e. The van der Waals surface area contributed by atoms with Crippen molar-refractivity contribution in [3.63, 3.8) is 0 Å². The van der Waals surface area contributed by atoms with Gasteiger partial charge in [0.05, 0.1) is 0 Å². The lowest BCUT2D eigenvalue weighted by molar-refractivity contribution is -0.166. The Hall–Kier alpha value is -3.93. The first-order chi connectivity index (χ1) is 30.0. The lowest BCUT2D eigenvalue weighted by atomic mass is 10.1. The monoisotopic (exact) mass is 845 g/mol. The Labute approximate surface area is 374 Å². The van der Waals surface area contributed by atoms with Crippen molar-refractivity contribution >= 4 is 17.9 Å². The molecule has 1 unspecified atom stereocenters. The van der Waals surface area contributed by atoms with E-state index in [9.17, 15) is 14.4 Å². The maximum Gasteiger partial charge on any atom is 0.306 e. The van der Waals surface area contributed by atoms with E-state index in [1.165, 1.54) is 70.6 Å². The van der Waals surface area contributed by atoms with Gasteiger partial charge in [0, 0.05) is 19.3 Å². The lowest BCUT2D eigenvalue weighted by Crippen LogP contribution is -2.30. The molecule has 0 aromatic carbocycles. The molecule has 0 aliphatic carbocycles. The molecule has 0 radical (unpaired) electrons.